The van der Waals surface area contributed by atoms with Gasteiger partial charge in [-0.3, -0.25) is 0 Å². The minimum absolute atomic E-state index is 0.314. The molecule has 2 nitrogen and oxygen atoms in total. The first-order chi connectivity index (χ1) is 4.74. The SMILES string of the molecule is N#Cc1[nH]c(=S)ccc1Cl. The van der Waals surface area contributed by atoms with Crippen molar-refractivity contribution >= 4 is 23.8 Å². The van der Waals surface area contributed by atoms with Gasteiger partial charge in [-0.25, -0.2) is 0 Å². The van der Waals surface area contributed by atoms with Crippen LogP contribution in [0.1, 0.15) is 5.69 Å². The number of nitrogens with zero attached hydrogens (tertiary/aromatic N) is 1. The van der Waals surface area contributed by atoms with Gasteiger partial charge in [-0.15, -0.1) is 0 Å². The first-order valence-electron chi connectivity index (χ1n) is 2.53. The van der Waals surface area contributed by atoms with Crippen molar-refractivity contribution in [1.29, 1.82) is 5.26 Å². The lowest BCUT2D eigenvalue weighted by molar-refractivity contribution is 1.24. The summed E-state index contributed by atoms with van der Waals surface area (Å²) in [7, 11) is 0. The Hall–Kier alpha value is -0.850. The summed E-state index contributed by atoms with van der Waals surface area (Å²) in [4.78, 5) is 2.65. The molecule has 0 aliphatic heterocycles. The molecular weight excluding hydrogens is 168 g/mol. The molecular formula is C6H3ClN2S. The van der Waals surface area contributed by atoms with Crippen molar-refractivity contribution in [2.75, 3.05) is 0 Å². The van der Waals surface area contributed by atoms with Crippen molar-refractivity contribution in [3.05, 3.63) is 27.5 Å². The van der Waals surface area contributed by atoms with Gasteiger partial charge in [0, 0.05) is 0 Å². The van der Waals surface area contributed by atoms with Crippen LogP contribution in [0.15, 0.2) is 12.1 Å². The summed E-state index contributed by atoms with van der Waals surface area (Å²) in [6, 6.07) is 5.12. The molecule has 1 heterocycles. The number of H-pyrrole nitrogens is 1. The zero-order valence-electron chi connectivity index (χ0n) is 4.89. The van der Waals surface area contributed by atoms with Gasteiger partial charge in [0.1, 0.15) is 16.4 Å². The first-order valence-corrected chi connectivity index (χ1v) is 3.31. The molecule has 0 aliphatic carbocycles. The number of rotatable bonds is 0. The molecule has 0 aliphatic rings. The highest BCUT2D eigenvalue weighted by Crippen LogP contribution is 2.10. The highest BCUT2D eigenvalue weighted by Gasteiger charge is 1.95. The summed E-state index contributed by atoms with van der Waals surface area (Å²) in [6.07, 6.45) is 0. The predicted molar refractivity (Wildman–Crippen MR) is 41.4 cm³/mol. The van der Waals surface area contributed by atoms with E-state index in [1.54, 1.807) is 12.1 Å². The van der Waals surface area contributed by atoms with Crippen molar-refractivity contribution in [2.24, 2.45) is 0 Å². The van der Waals surface area contributed by atoms with Crippen LogP contribution in [0, 0.1) is 16.0 Å². The van der Waals surface area contributed by atoms with Gasteiger partial charge in [0.25, 0.3) is 0 Å². The van der Waals surface area contributed by atoms with Crippen LogP contribution < -0.4 is 0 Å². The fourth-order valence-electron chi connectivity index (χ4n) is 0.538. The summed E-state index contributed by atoms with van der Waals surface area (Å²) in [5, 5.41) is 8.83. The second-order valence-electron chi connectivity index (χ2n) is 1.66. The van der Waals surface area contributed by atoms with Gasteiger partial charge in [-0.05, 0) is 12.1 Å². The number of halogens is 1. The van der Waals surface area contributed by atoms with Crippen LogP contribution >= 0.6 is 23.8 Å². The van der Waals surface area contributed by atoms with Gasteiger partial charge in [0.2, 0.25) is 0 Å². The standard InChI is InChI=1S/C6H3ClN2S/c7-4-1-2-6(10)9-5(4)3-8/h1-2H,(H,9,10). The second-order valence-corrected chi connectivity index (χ2v) is 2.50. The van der Waals surface area contributed by atoms with Crippen LogP contribution in [0.5, 0.6) is 0 Å². The van der Waals surface area contributed by atoms with E-state index < -0.39 is 0 Å². The van der Waals surface area contributed by atoms with Gasteiger partial charge in [0.05, 0.1) is 5.02 Å². The maximum absolute atomic E-state index is 8.43. The number of nitriles is 1. The van der Waals surface area contributed by atoms with E-state index in [9.17, 15) is 0 Å². The van der Waals surface area contributed by atoms with E-state index in [0.717, 1.165) is 0 Å². The molecule has 0 saturated heterocycles. The van der Waals surface area contributed by atoms with Crippen molar-refractivity contribution in [1.82, 2.24) is 4.98 Å². The Balaban J connectivity index is 3.40. The molecule has 0 saturated carbocycles. The largest absolute Gasteiger partial charge is 0.337 e. The highest BCUT2D eigenvalue weighted by atomic mass is 35.5. The Labute approximate surface area is 68.1 Å². The maximum atomic E-state index is 8.43. The molecule has 1 rings (SSSR count). The molecule has 0 bridgehead atoms. The Morgan fingerprint density at radius 2 is 2.30 bits per heavy atom. The molecule has 0 atom stereocenters. The van der Waals surface area contributed by atoms with Crippen molar-refractivity contribution in [3.8, 4) is 6.07 Å². The van der Waals surface area contributed by atoms with Crippen LogP contribution in [0.2, 0.25) is 5.02 Å². The lowest BCUT2D eigenvalue weighted by Gasteiger charge is -1.91. The molecule has 0 amide bonds. The van der Waals surface area contributed by atoms with E-state index in [-0.39, 0.29) is 0 Å². The maximum Gasteiger partial charge on any atom is 0.137 e. The van der Waals surface area contributed by atoms with Crippen molar-refractivity contribution in [2.45, 2.75) is 0 Å². The lowest BCUT2D eigenvalue weighted by Crippen LogP contribution is -1.82. The van der Waals surface area contributed by atoms with E-state index in [4.69, 9.17) is 29.1 Å². The van der Waals surface area contributed by atoms with Gasteiger partial charge in [-0.2, -0.15) is 5.26 Å². The number of hydrogen-bond donors (Lipinski definition) is 1. The molecule has 50 valence electrons. The fourth-order valence-corrected chi connectivity index (χ4v) is 0.861. The summed E-state index contributed by atoms with van der Waals surface area (Å²) in [5.74, 6) is 0. The number of nitrogens with one attached hydrogen (secondary N) is 1. The zero-order valence-corrected chi connectivity index (χ0v) is 6.46. The first kappa shape index (κ1) is 7.26. The van der Waals surface area contributed by atoms with E-state index in [1.165, 1.54) is 0 Å². The fraction of sp³-hybridized carbons (Fsp3) is 0. The molecule has 1 aromatic rings. The van der Waals surface area contributed by atoms with Crippen molar-refractivity contribution < 1.29 is 0 Å². The quantitative estimate of drug-likeness (QED) is 0.607. The third-order valence-electron chi connectivity index (χ3n) is 0.980. The molecule has 0 fully saturated rings. The normalized spacial score (nSPS) is 8.80. The molecule has 1 N–H and O–H groups in total. The molecule has 10 heavy (non-hydrogen) atoms. The summed E-state index contributed by atoms with van der Waals surface area (Å²) in [6.45, 7) is 0. The highest BCUT2D eigenvalue weighted by molar-refractivity contribution is 7.71. The lowest BCUT2D eigenvalue weighted by atomic mass is 10.4. The molecule has 4 heteroatoms. The van der Waals surface area contributed by atoms with Gasteiger partial charge >= 0.3 is 0 Å². The molecule has 0 aromatic carbocycles. The summed E-state index contributed by atoms with van der Waals surface area (Å²) < 4.78 is 0.515. The van der Waals surface area contributed by atoms with E-state index in [1.807, 2.05) is 6.07 Å². The van der Waals surface area contributed by atoms with Crippen LogP contribution in [0.3, 0.4) is 0 Å². The zero-order chi connectivity index (χ0) is 7.56. The molecule has 0 spiro atoms. The minimum Gasteiger partial charge on any atom is -0.337 e. The predicted octanol–water partition coefficient (Wildman–Crippen LogP) is 2.27. The van der Waals surface area contributed by atoms with E-state index in [0.29, 0.717) is 15.4 Å². The third kappa shape index (κ3) is 1.35. The van der Waals surface area contributed by atoms with E-state index >= 15 is 0 Å². The van der Waals surface area contributed by atoms with Crippen LogP contribution in [0.4, 0.5) is 0 Å². The molecule has 1 aromatic heterocycles. The average Bonchev–Trinajstić information content (AvgIpc) is 1.94. The number of hydrogen-bond acceptors (Lipinski definition) is 2. The number of aromatic nitrogens is 1. The van der Waals surface area contributed by atoms with E-state index in [2.05, 4.69) is 4.98 Å². The Morgan fingerprint density at radius 3 is 2.80 bits per heavy atom. The Bertz CT molecular complexity index is 336. The molecule has 0 unspecified atom stereocenters. The van der Waals surface area contributed by atoms with Gasteiger partial charge in [-0.1, -0.05) is 23.8 Å². The summed E-state index contributed by atoms with van der Waals surface area (Å²) >= 11 is 10.4. The topological polar surface area (TPSA) is 39.6 Å². The smallest absolute Gasteiger partial charge is 0.137 e. The van der Waals surface area contributed by atoms with Crippen LogP contribution in [-0.2, 0) is 0 Å². The van der Waals surface area contributed by atoms with Crippen LogP contribution in [0.25, 0.3) is 0 Å². The number of pyridine rings is 1. The van der Waals surface area contributed by atoms with Crippen LogP contribution in [-0.4, -0.2) is 4.98 Å². The monoisotopic (exact) mass is 170 g/mol. The Kier molecular flexibility index (Phi) is 2.05. The number of aromatic amines is 1. The summed E-state index contributed by atoms with van der Waals surface area (Å²) in [5.41, 5.74) is 0.314. The third-order valence-corrected chi connectivity index (χ3v) is 1.53. The van der Waals surface area contributed by atoms with Crippen molar-refractivity contribution in [3.63, 3.8) is 0 Å². The Morgan fingerprint density at radius 1 is 1.60 bits per heavy atom. The minimum atomic E-state index is 0.314. The van der Waals surface area contributed by atoms with Gasteiger partial charge in [0.15, 0.2) is 0 Å². The van der Waals surface area contributed by atoms with Gasteiger partial charge < -0.3 is 4.98 Å². The average molecular weight is 171 g/mol. The second kappa shape index (κ2) is 2.82. The molecule has 0 radical (unpaired) electrons.